The summed E-state index contributed by atoms with van der Waals surface area (Å²) in [4.78, 5) is 17.9. The van der Waals surface area contributed by atoms with Gasteiger partial charge in [0.2, 0.25) is 0 Å². The summed E-state index contributed by atoms with van der Waals surface area (Å²) in [7, 11) is 1.49. The van der Waals surface area contributed by atoms with Gasteiger partial charge in [-0.25, -0.2) is 0 Å². The second kappa shape index (κ2) is 8.56. The van der Waals surface area contributed by atoms with Gasteiger partial charge in [0, 0.05) is 13.0 Å². The fraction of sp³-hybridized carbons (Fsp3) is 0.333. The zero-order chi connectivity index (χ0) is 20.5. The Hall–Kier alpha value is -1.36. The quantitative estimate of drug-likeness (QED) is 0.497. The highest BCUT2D eigenvalue weighted by molar-refractivity contribution is 9.12. The standard InChI is InChI=1S/C18H17Br3N2O5/c1-27-15-11(20)7-18(16(25)14(15)21)8-12(23-28-18)17(26)22-5-4-9-2-3-13(24)10(19)6-9/h2-3,6-7,16,24-25H,4-5,8H2,1H3,(H,22,26). The van der Waals surface area contributed by atoms with E-state index in [9.17, 15) is 15.0 Å². The molecular weight excluding hydrogens is 564 g/mol. The van der Waals surface area contributed by atoms with E-state index in [1.165, 1.54) is 7.11 Å². The van der Waals surface area contributed by atoms with Gasteiger partial charge in [0.05, 0.1) is 20.5 Å². The molecule has 0 aromatic heterocycles. The Morgan fingerprint density at radius 2 is 2.18 bits per heavy atom. The van der Waals surface area contributed by atoms with E-state index in [0.29, 0.717) is 32.2 Å². The first kappa shape index (κ1) is 21.4. The number of hydrogen-bond donors (Lipinski definition) is 3. The zero-order valence-corrected chi connectivity index (χ0v) is 19.5. The van der Waals surface area contributed by atoms with Crippen molar-refractivity contribution in [3.63, 3.8) is 0 Å². The first-order valence-corrected chi connectivity index (χ1v) is 10.7. The SMILES string of the molecule is COC1=C(Br)C(O)C2(C=C1Br)CC(C(=O)NCCc1ccc(O)c(Br)c1)=NO2. The molecule has 0 fully saturated rings. The molecule has 0 saturated carbocycles. The van der Waals surface area contributed by atoms with Crippen LogP contribution < -0.4 is 5.32 Å². The summed E-state index contributed by atoms with van der Waals surface area (Å²) < 4.78 is 6.86. The first-order chi connectivity index (χ1) is 13.3. The number of nitrogens with one attached hydrogen (secondary N) is 1. The Bertz CT molecular complexity index is 899. The molecule has 1 aromatic rings. The molecule has 28 heavy (non-hydrogen) atoms. The molecule has 10 heteroatoms. The molecule has 1 aliphatic carbocycles. The van der Waals surface area contributed by atoms with Crippen LogP contribution in [0.3, 0.4) is 0 Å². The number of rotatable bonds is 5. The molecular formula is C18H17Br3N2O5. The van der Waals surface area contributed by atoms with Crippen LogP contribution >= 0.6 is 47.8 Å². The topological polar surface area (TPSA) is 100 Å². The fourth-order valence-corrected chi connectivity index (χ4v) is 5.17. The lowest BCUT2D eigenvalue weighted by molar-refractivity contribution is -0.114. The summed E-state index contributed by atoms with van der Waals surface area (Å²) in [5.41, 5.74) is -0.0146. The highest BCUT2D eigenvalue weighted by atomic mass is 79.9. The number of carbonyl (C=O) groups is 1. The third-order valence-electron chi connectivity index (χ3n) is 4.45. The summed E-state index contributed by atoms with van der Waals surface area (Å²) in [6, 6.07) is 5.17. The summed E-state index contributed by atoms with van der Waals surface area (Å²) in [5, 5.41) is 26.8. The molecule has 0 radical (unpaired) electrons. The van der Waals surface area contributed by atoms with E-state index in [0.717, 1.165) is 5.56 Å². The molecule has 2 aliphatic rings. The van der Waals surface area contributed by atoms with Gasteiger partial charge in [-0.3, -0.25) is 4.79 Å². The Morgan fingerprint density at radius 3 is 2.86 bits per heavy atom. The number of ether oxygens (including phenoxy) is 1. The summed E-state index contributed by atoms with van der Waals surface area (Å²) >= 11 is 9.97. The van der Waals surface area contributed by atoms with E-state index in [-0.39, 0.29) is 23.8 Å². The molecule has 7 nitrogen and oxygen atoms in total. The van der Waals surface area contributed by atoms with Crippen molar-refractivity contribution in [1.29, 1.82) is 0 Å². The average molecular weight is 581 g/mol. The molecule has 2 atom stereocenters. The number of phenolic OH excluding ortho intramolecular Hbond substituents is 1. The number of aliphatic hydroxyl groups is 1. The number of aliphatic hydroxyl groups excluding tert-OH is 1. The van der Waals surface area contributed by atoms with Crippen molar-refractivity contribution in [3.8, 4) is 5.75 Å². The predicted octanol–water partition coefficient (Wildman–Crippen LogP) is 3.23. The van der Waals surface area contributed by atoms with Crippen LogP contribution in [0.4, 0.5) is 0 Å². The van der Waals surface area contributed by atoms with E-state index in [1.54, 1.807) is 24.3 Å². The lowest BCUT2D eigenvalue weighted by atomic mass is 9.87. The number of methoxy groups -OCH3 is 1. The molecule has 150 valence electrons. The van der Waals surface area contributed by atoms with Crippen LogP contribution in [0.2, 0.25) is 0 Å². The number of halogens is 3. The molecule has 3 rings (SSSR count). The van der Waals surface area contributed by atoms with Crippen molar-refractivity contribution in [2.45, 2.75) is 24.5 Å². The molecule has 1 heterocycles. The summed E-state index contributed by atoms with van der Waals surface area (Å²) in [5.74, 6) is 0.265. The molecule has 1 spiro atoms. The monoisotopic (exact) mass is 578 g/mol. The van der Waals surface area contributed by atoms with Crippen molar-refractivity contribution in [1.82, 2.24) is 5.32 Å². The number of nitrogens with zero attached hydrogens (tertiary/aromatic N) is 1. The fourth-order valence-electron chi connectivity index (χ4n) is 2.95. The lowest BCUT2D eigenvalue weighted by Gasteiger charge is -2.33. The number of carbonyl (C=O) groups excluding carboxylic acids is 1. The van der Waals surface area contributed by atoms with Gasteiger partial charge in [-0.1, -0.05) is 11.2 Å². The summed E-state index contributed by atoms with van der Waals surface area (Å²) in [6.07, 6.45) is 1.29. The lowest BCUT2D eigenvalue weighted by Crippen LogP contribution is -2.45. The van der Waals surface area contributed by atoms with Gasteiger partial charge in [-0.15, -0.1) is 0 Å². The van der Waals surface area contributed by atoms with Crippen LogP contribution in [-0.2, 0) is 20.8 Å². The largest absolute Gasteiger partial charge is 0.507 e. The number of aromatic hydroxyl groups is 1. The molecule has 1 amide bonds. The third kappa shape index (κ3) is 4.14. The van der Waals surface area contributed by atoms with Gasteiger partial charge >= 0.3 is 0 Å². The van der Waals surface area contributed by atoms with Gasteiger partial charge < -0.3 is 25.1 Å². The second-order valence-corrected chi connectivity index (χ2v) is 8.89. The third-order valence-corrected chi connectivity index (χ3v) is 6.47. The minimum absolute atomic E-state index is 0.117. The van der Waals surface area contributed by atoms with Crippen molar-refractivity contribution in [2.75, 3.05) is 13.7 Å². The summed E-state index contributed by atoms with van der Waals surface area (Å²) in [6.45, 7) is 0.390. The van der Waals surface area contributed by atoms with Crippen LogP contribution in [0.5, 0.6) is 5.75 Å². The van der Waals surface area contributed by atoms with Gasteiger partial charge in [-0.2, -0.15) is 0 Å². The second-order valence-electron chi connectivity index (χ2n) is 6.33. The molecule has 0 bridgehead atoms. The van der Waals surface area contributed by atoms with Crippen LogP contribution in [-0.4, -0.2) is 47.2 Å². The average Bonchev–Trinajstić information content (AvgIpc) is 3.08. The van der Waals surface area contributed by atoms with Crippen LogP contribution in [0.15, 0.2) is 48.6 Å². The van der Waals surface area contributed by atoms with Gasteiger partial charge in [0.1, 0.15) is 23.3 Å². The molecule has 0 saturated heterocycles. The van der Waals surface area contributed by atoms with Crippen molar-refractivity contribution >= 4 is 59.4 Å². The van der Waals surface area contributed by atoms with Crippen LogP contribution in [0, 0.1) is 0 Å². The number of amides is 1. The Labute approximate surface area is 186 Å². The highest BCUT2D eigenvalue weighted by Crippen LogP contribution is 2.43. The highest BCUT2D eigenvalue weighted by Gasteiger charge is 2.50. The van der Waals surface area contributed by atoms with Crippen LogP contribution in [0.1, 0.15) is 12.0 Å². The van der Waals surface area contributed by atoms with E-state index in [1.807, 2.05) is 0 Å². The predicted molar refractivity (Wildman–Crippen MR) is 114 cm³/mol. The molecule has 1 aromatic carbocycles. The number of allylic oxidation sites excluding steroid dienone is 1. The first-order valence-electron chi connectivity index (χ1n) is 8.28. The Morgan fingerprint density at radius 1 is 1.43 bits per heavy atom. The van der Waals surface area contributed by atoms with E-state index < -0.39 is 11.7 Å². The van der Waals surface area contributed by atoms with E-state index in [4.69, 9.17) is 9.57 Å². The van der Waals surface area contributed by atoms with Crippen molar-refractivity contribution in [2.24, 2.45) is 5.16 Å². The maximum Gasteiger partial charge on any atom is 0.269 e. The zero-order valence-electron chi connectivity index (χ0n) is 14.7. The van der Waals surface area contributed by atoms with E-state index >= 15 is 0 Å². The number of oxime groups is 1. The molecule has 2 unspecified atom stereocenters. The van der Waals surface area contributed by atoms with Crippen molar-refractivity contribution < 1.29 is 24.6 Å². The van der Waals surface area contributed by atoms with E-state index in [2.05, 4.69) is 58.3 Å². The molecule has 3 N–H and O–H groups in total. The molecule has 1 aliphatic heterocycles. The van der Waals surface area contributed by atoms with Gasteiger partial charge in [0.25, 0.3) is 5.91 Å². The smallest absolute Gasteiger partial charge is 0.269 e. The minimum Gasteiger partial charge on any atom is -0.507 e. The Kier molecular flexibility index (Phi) is 6.53. The maximum atomic E-state index is 12.4. The number of phenols is 1. The Balaban J connectivity index is 1.60. The maximum absolute atomic E-state index is 12.4. The number of hydrogen-bond acceptors (Lipinski definition) is 6. The normalized spacial score (nSPS) is 24.0. The van der Waals surface area contributed by atoms with Crippen LogP contribution in [0.25, 0.3) is 0 Å². The minimum atomic E-state index is -1.17. The van der Waals surface area contributed by atoms with Gasteiger partial charge in [0.15, 0.2) is 5.60 Å². The van der Waals surface area contributed by atoms with Crippen molar-refractivity contribution in [3.05, 3.63) is 49.0 Å². The van der Waals surface area contributed by atoms with Gasteiger partial charge in [-0.05, 0) is 78.0 Å². The number of benzene rings is 1.